The molecule has 0 aromatic carbocycles. The highest BCUT2D eigenvalue weighted by Crippen LogP contribution is 2.05. The fourth-order valence-corrected chi connectivity index (χ4v) is 3.16. The van der Waals surface area contributed by atoms with E-state index in [0.717, 1.165) is 0 Å². The van der Waals surface area contributed by atoms with Crippen molar-refractivity contribution in [3.8, 4) is 0 Å². The van der Waals surface area contributed by atoms with Crippen LogP contribution in [0.3, 0.4) is 0 Å². The summed E-state index contributed by atoms with van der Waals surface area (Å²) < 4.78 is 0. The van der Waals surface area contributed by atoms with Crippen molar-refractivity contribution in [1.29, 1.82) is 0 Å². The van der Waals surface area contributed by atoms with Crippen molar-refractivity contribution in [1.82, 2.24) is 16.0 Å². The predicted molar refractivity (Wildman–Crippen MR) is 122 cm³/mol. The third kappa shape index (κ3) is 13.8. The van der Waals surface area contributed by atoms with E-state index in [-0.39, 0.29) is 12.8 Å². The molecule has 0 aliphatic rings. The Kier molecular flexibility index (Phi) is 14.7. The second-order valence-electron chi connectivity index (χ2n) is 7.44. The van der Waals surface area contributed by atoms with E-state index < -0.39 is 91.4 Å². The summed E-state index contributed by atoms with van der Waals surface area (Å²) in [5, 5.41) is 33.4. The molecule has 0 heterocycles. The monoisotopic (exact) mass is 521 g/mol. The standard InChI is InChI=1S/C19H31N5O10S/c1-35-7-6-9(20)16(30)22-10(2-4-14(26)27)17(31)24-12(8-13(21)25)18(32)23-11(19(33)34)3-5-15(28)29/h9-12H,2-8,20H2,1H3,(H2,21,25)(H,22,30)(H,23,32)(H,24,31)(H,26,27)(H,28,29)(H,33,34). The minimum atomic E-state index is -1.68. The lowest BCUT2D eigenvalue weighted by atomic mass is 10.1. The van der Waals surface area contributed by atoms with Gasteiger partial charge in [-0.05, 0) is 31.3 Å². The van der Waals surface area contributed by atoms with E-state index in [2.05, 4.69) is 10.6 Å². The summed E-state index contributed by atoms with van der Waals surface area (Å²) in [4.78, 5) is 82.1. The molecule has 198 valence electrons. The Hall–Kier alpha value is -3.40. The van der Waals surface area contributed by atoms with E-state index in [9.17, 15) is 38.7 Å². The van der Waals surface area contributed by atoms with Crippen LogP contribution in [-0.4, -0.2) is 93.0 Å². The lowest BCUT2D eigenvalue weighted by molar-refractivity contribution is -0.143. The van der Waals surface area contributed by atoms with Crippen molar-refractivity contribution in [2.45, 2.75) is 62.7 Å². The summed E-state index contributed by atoms with van der Waals surface area (Å²) >= 11 is 1.44. The van der Waals surface area contributed by atoms with Crippen molar-refractivity contribution in [3.05, 3.63) is 0 Å². The van der Waals surface area contributed by atoms with Crippen molar-refractivity contribution in [2.75, 3.05) is 12.0 Å². The third-order valence-corrected chi connectivity index (χ3v) is 5.19. The summed E-state index contributed by atoms with van der Waals surface area (Å²) in [7, 11) is 0. The highest BCUT2D eigenvalue weighted by atomic mass is 32.2. The number of nitrogens with two attached hydrogens (primary N) is 2. The molecule has 0 aliphatic heterocycles. The van der Waals surface area contributed by atoms with Crippen LogP contribution in [0.4, 0.5) is 0 Å². The number of hydrogen-bond acceptors (Lipinski definition) is 9. The number of aliphatic carboxylic acids is 3. The first-order valence-electron chi connectivity index (χ1n) is 10.4. The number of carboxylic acid groups (broad SMARTS) is 3. The molecule has 0 spiro atoms. The van der Waals surface area contributed by atoms with Gasteiger partial charge in [0.2, 0.25) is 23.6 Å². The summed E-state index contributed by atoms with van der Waals surface area (Å²) in [5.74, 6) is -7.51. The molecule has 0 aromatic heterocycles. The molecule has 0 saturated carbocycles. The van der Waals surface area contributed by atoms with Gasteiger partial charge in [0, 0.05) is 12.8 Å². The molecule has 0 bridgehead atoms. The topological polar surface area (TPSA) is 268 Å². The fourth-order valence-electron chi connectivity index (χ4n) is 2.67. The zero-order valence-electron chi connectivity index (χ0n) is 19.0. The maximum Gasteiger partial charge on any atom is 0.326 e. The Balaban J connectivity index is 5.55. The van der Waals surface area contributed by atoms with Gasteiger partial charge >= 0.3 is 17.9 Å². The van der Waals surface area contributed by atoms with E-state index in [1.165, 1.54) is 11.8 Å². The smallest absolute Gasteiger partial charge is 0.326 e. The number of primary amides is 1. The first-order chi connectivity index (χ1) is 16.3. The quantitative estimate of drug-likeness (QED) is 0.0909. The minimum Gasteiger partial charge on any atom is -0.481 e. The average molecular weight is 522 g/mol. The molecular formula is C19H31N5O10S. The molecule has 35 heavy (non-hydrogen) atoms. The Morgan fingerprint density at radius 3 is 1.66 bits per heavy atom. The van der Waals surface area contributed by atoms with Gasteiger partial charge in [0.05, 0.1) is 12.5 Å². The number of rotatable bonds is 18. The largest absolute Gasteiger partial charge is 0.481 e. The van der Waals surface area contributed by atoms with Crippen LogP contribution in [0.25, 0.3) is 0 Å². The zero-order valence-corrected chi connectivity index (χ0v) is 19.8. The van der Waals surface area contributed by atoms with Gasteiger partial charge in [0.1, 0.15) is 18.1 Å². The van der Waals surface area contributed by atoms with Gasteiger partial charge in [0.15, 0.2) is 0 Å². The molecule has 0 aromatic rings. The van der Waals surface area contributed by atoms with Crippen molar-refractivity contribution < 1.29 is 48.9 Å². The Bertz CT molecular complexity index is 809. The van der Waals surface area contributed by atoms with Gasteiger partial charge in [-0.25, -0.2) is 4.79 Å². The molecule has 0 radical (unpaired) electrons. The summed E-state index contributed by atoms with van der Waals surface area (Å²) in [5.41, 5.74) is 10.9. The minimum absolute atomic E-state index is 0.278. The lowest BCUT2D eigenvalue weighted by Gasteiger charge is -2.24. The van der Waals surface area contributed by atoms with E-state index in [4.69, 9.17) is 21.7 Å². The molecule has 0 aliphatic carbocycles. The number of thioether (sulfide) groups is 1. The number of nitrogens with one attached hydrogen (secondary N) is 3. The first kappa shape index (κ1) is 31.6. The van der Waals surface area contributed by atoms with Gasteiger partial charge in [-0.1, -0.05) is 0 Å². The zero-order chi connectivity index (χ0) is 27.1. The van der Waals surface area contributed by atoms with E-state index in [1.54, 1.807) is 6.26 Å². The predicted octanol–water partition coefficient (Wildman–Crippen LogP) is -2.79. The molecule has 10 N–H and O–H groups in total. The number of amides is 4. The Morgan fingerprint density at radius 1 is 0.743 bits per heavy atom. The summed E-state index contributed by atoms with van der Waals surface area (Å²) in [6.45, 7) is 0. The number of carboxylic acids is 3. The molecule has 0 fully saturated rings. The van der Waals surface area contributed by atoms with Crippen LogP contribution in [0.5, 0.6) is 0 Å². The average Bonchev–Trinajstić information content (AvgIpc) is 2.75. The molecule has 4 amide bonds. The Labute approximate surface area is 204 Å². The summed E-state index contributed by atoms with van der Waals surface area (Å²) in [6.07, 6.45) is -0.627. The maximum absolute atomic E-state index is 12.8. The number of carbonyl (C=O) groups is 7. The van der Waals surface area contributed by atoms with Crippen LogP contribution in [-0.2, 0) is 33.6 Å². The Morgan fingerprint density at radius 2 is 1.20 bits per heavy atom. The SMILES string of the molecule is CSCCC(N)C(=O)NC(CCC(=O)O)C(=O)NC(CC(N)=O)C(=O)NC(CCC(=O)O)C(=O)O. The molecule has 0 saturated heterocycles. The fraction of sp³-hybridized carbons (Fsp3) is 0.632. The lowest BCUT2D eigenvalue weighted by Crippen LogP contribution is -2.57. The van der Waals surface area contributed by atoms with Crippen molar-refractivity contribution >= 4 is 53.3 Å². The van der Waals surface area contributed by atoms with E-state index >= 15 is 0 Å². The van der Waals surface area contributed by atoms with Crippen LogP contribution in [0.1, 0.15) is 38.5 Å². The van der Waals surface area contributed by atoms with Crippen LogP contribution >= 0.6 is 11.8 Å². The normalized spacial score (nSPS) is 14.0. The van der Waals surface area contributed by atoms with Gasteiger partial charge < -0.3 is 42.7 Å². The van der Waals surface area contributed by atoms with Gasteiger partial charge in [-0.3, -0.25) is 28.8 Å². The van der Waals surface area contributed by atoms with Crippen LogP contribution in [0, 0.1) is 0 Å². The third-order valence-electron chi connectivity index (χ3n) is 4.55. The van der Waals surface area contributed by atoms with Crippen molar-refractivity contribution in [3.63, 3.8) is 0 Å². The molecule has 15 nitrogen and oxygen atoms in total. The van der Waals surface area contributed by atoms with Gasteiger partial charge in [-0.15, -0.1) is 0 Å². The molecule has 16 heteroatoms. The van der Waals surface area contributed by atoms with E-state index in [0.29, 0.717) is 5.75 Å². The number of carbonyl (C=O) groups excluding carboxylic acids is 4. The van der Waals surface area contributed by atoms with Crippen LogP contribution in [0.2, 0.25) is 0 Å². The van der Waals surface area contributed by atoms with Crippen molar-refractivity contribution in [2.24, 2.45) is 11.5 Å². The van der Waals surface area contributed by atoms with E-state index in [1.807, 2.05) is 5.32 Å². The molecule has 4 atom stereocenters. The molecule has 4 unspecified atom stereocenters. The molecule has 0 rings (SSSR count). The molecular weight excluding hydrogens is 490 g/mol. The second kappa shape index (κ2) is 16.3. The van der Waals surface area contributed by atoms with Crippen LogP contribution < -0.4 is 27.4 Å². The highest BCUT2D eigenvalue weighted by Gasteiger charge is 2.31. The van der Waals surface area contributed by atoms with Gasteiger partial charge in [-0.2, -0.15) is 11.8 Å². The van der Waals surface area contributed by atoms with Crippen LogP contribution in [0.15, 0.2) is 0 Å². The maximum atomic E-state index is 12.8. The second-order valence-corrected chi connectivity index (χ2v) is 8.43. The van der Waals surface area contributed by atoms with Gasteiger partial charge in [0.25, 0.3) is 0 Å². The summed E-state index contributed by atoms with van der Waals surface area (Å²) in [6, 6.07) is -5.74. The number of hydrogen-bond donors (Lipinski definition) is 8. The highest BCUT2D eigenvalue weighted by molar-refractivity contribution is 7.98. The first-order valence-corrected chi connectivity index (χ1v) is 11.8.